The summed E-state index contributed by atoms with van der Waals surface area (Å²) >= 11 is 1.98. The number of hydrogen-bond donors (Lipinski definition) is 1. The van der Waals surface area contributed by atoms with Crippen molar-refractivity contribution in [2.24, 2.45) is 5.16 Å². The molecular formula is C25H45NO4S2. The van der Waals surface area contributed by atoms with Crippen LogP contribution < -0.4 is 0 Å². The molecule has 3 rings (SSSR count). The molecule has 32 heavy (non-hydrogen) atoms. The van der Waals surface area contributed by atoms with Crippen LogP contribution in [0, 0.1) is 0 Å². The van der Waals surface area contributed by atoms with Crippen LogP contribution in [-0.4, -0.2) is 65.4 Å². The van der Waals surface area contributed by atoms with Crippen LogP contribution in [0.2, 0.25) is 0 Å². The summed E-state index contributed by atoms with van der Waals surface area (Å²) in [6.07, 6.45) is 10.9. The highest BCUT2D eigenvalue weighted by molar-refractivity contribution is 8.33. The van der Waals surface area contributed by atoms with Crippen LogP contribution >= 0.6 is 21.8 Å². The molecule has 1 heterocycles. The van der Waals surface area contributed by atoms with Gasteiger partial charge in [-0.2, -0.15) is 0 Å². The third-order valence-corrected chi connectivity index (χ3v) is 10.2. The van der Waals surface area contributed by atoms with Crippen molar-refractivity contribution in [3.8, 4) is 0 Å². The third-order valence-electron chi connectivity index (χ3n) is 5.16. The fraction of sp³-hybridized carbons (Fsp3) is 0.680. The second-order valence-electron chi connectivity index (χ2n) is 9.16. The number of thioether (sulfide) groups is 1. The predicted octanol–water partition coefficient (Wildman–Crippen LogP) is 6.68. The van der Waals surface area contributed by atoms with Gasteiger partial charge in [0.05, 0.1) is 18.9 Å². The second kappa shape index (κ2) is 15.6. The largest absolute Gasteiger partial charge is 0.483 e. The molecule has 1 atom stereocenters. The van der Waals surface area contributed by atoms with Crippen LogP contribution in [0.15, 0.2) is 34.3 Å². The average molecular weight is 488 g/mol. The highest BCUT2D eigenvalue weighted by Crippen LogP contribution is 2.48. The Labute approximate surface area is 202 Å². The van der Waals surface area contributed by atoms with Gasteiger partial charge >= 0.3 is 0 Å². The second-order valence-corrected chi connectivity index (χ2v) is 15.4. The van der Waals surface area contributed by atoms with Gasteiger partial charge in [-0.15, -0.1) is 11.8 Å². The molecule has 1 aromatic carbocycles. The maximum Gasteiger partial charge on any atom is 0.290 e. The first kappa shape index (κ1) is 30.8. The Balaban J connectivity index is 0.000000623. The molecular weight excluding hydrogens is 442 g/mol. The van der Waals surface area contributed by atoms with Crippen LogP contribution in [-0.2, 0) is 14.4 Å². The Kier molecular flexibility index (Phi) is 15.0. The van der Waals surface area contributed by atoms with Gasteiger partial charge in [-0.1, -0.05) is 51.9 Å². The molecule has 1 aliphatic heterocycles. The van der Waals surface area contributed by atoms with E-state index in [4.69, 9.17) is 19.5 Å². The molecule has 1 aliphatic carbocycles. The monoisotopic (exact) mass is 487 g/mol. The number of carbonyl (C=O) groups is 1. The lowest BCUT2D eigenvalue weighted by Crippen LogP contribution is -2.21. The first-order valence-electron chi connectivity index (χ1n) is 11.3. The van der Waals surface area contributed by atoms with Crippen LogP contribution in [0.4, 0.5) is 0 Å². The molecule has 7 heteroatoms. The predicted molar refractivity (Wildman–Crippen MR) is 143 cm³/mol. The van der Waals surface area contributed by atoms with Crippen molar-refractivity contribution in [3.05, 3.63) is 29.8 Å². The van der Waals surface area contributed by atoms with Gasteiger partial charge in [-0.3, -0.25) is 4.79 Å². The van der Waals surface area contributed by atoms with E-state index in [0.29, 0.717) is 11.4 Å². The minimum atomic E-state index is -0.340. The van der Waals surface area contributed by atoms with Gasteiger partial charge in [0.1, 0.15) is 0 Å². The zero-order chi connectivity index (χ0) is 24.8. The lowest BCUT2D eigenvalue weighted by molar-refractivity contribution is -0.122. The molecule has 1 N–H and O–H groups in total. The summed E-state index contributed by atoms with van der Waals surface area (Å²) in [5, 5.41) is 12.0. The molecule has 2 fully saturated rings. The van der Waals surface area contributed by atoms with Crippen LogP contribution in [0.25, 0.3) is 0 Å². The standard InChI is InChI=1S/C15H19NO2S.C7H18S.C2H6.CH2O2/c1-11(16-18-13-8-9-17-10-13)12-2-4-14(5-3-12)19-15-6-7-15;1-7(2,3)8(4,5)6;1-2;2-1-3/h2-5,13,15H,6-10H2,1H3;1-6H3;1-2H3;1H,(H,2,3)/b16-11-;;;/t13-;;;/m1.../s1. The lowest BCUT2D eigenvalue weighted by Gasteiger charge is -2.40. The van der Waals surface area contributed by atoms with Crippen molar-refractivity contribution in [3.63, 3.8) is 0 Å². The van der Waals surface area contributed by atoms with Gasteiger partial charge in [0, 0.05) is 16.6 Å². The molecule has 0 unspecified atom stereocenters. The van der Waals surface area contributed by atoms with E-state index in [0.717, 1.165) is 29.6 Å². The highest BCUT2D eigenvalue weighted by atomic mass is 32.3. The fourth-order valence-electron chi connectivity index (χ4n) is 1.96. The Morgan fingerprint density at radius 2 is 1.66 bits per heavy atom. The molecule has 186 valence electrons. The lowest BCUT2D eigenvalue weighted by atomic mass is 10.1. The van der Waals surface area contributed by atoms with Gasteiger partial charge in [-0.05, 0) is 61.0 Å². The Morgan fingerprint density at radius 1 is 1.16 bits per heavy atom. The SMILES string of the molecule is C/C(=N/O[C@@H]1CCOC1)c1ccc(SC2CC2)cc1.CC.CC(C)(C)S(C)(C)C.O=CO. The van der Waals surface area contributed by atoms with Crippen molar-refractivity contribution in [2.45, 2.75) is 81.8 Å². The zero-order valence-electron chi connectivity index (χ0n) is 21.5. The summed E-state index contributed by atoms with van der Waals surface area (Å²) in [5.74, 6) is 0. The van der Waals surface area contributed by atoms with E-state index >= 15 is 0 Å². The molecule has 1 saturated carbocycles. The molecule has 1 saturated heterocycles. The summed E-state index contributed by atoms with van der Waals surface area (Å²) in [7, 11) is -0.340. The molecule has 0 aromatic heterocycles. The van der Waals surface area contributed by atoms with Crippen LogP contribution in [0.1, 0.15) is 66.4 Å². The Bertz CT molecular complexity index is 642. The van der Waals surface area contributed by atoms with E-state index in [9.17, 15) is 0 Å². The molecule has 5 nitrogen and oxygen atoms in total. The van der Waals surface area contributed by atoms with Gasteiger partial charge < -0.3 is 14.7 Å². The topological polar surface area (TPSA) is 68.1 Å². The average Bonchev–Trinajstić information content (AvgIpc) is 3.38. The summed E-state index contributed by atoms with van der Waals surface area (Å²) in [6, 6.07) is 8.60. The summed E-state index contributed by atoms with van der Waals surface area (Å²) in [6.45, 7) is 14.1. The van der Waals surface area contributed by atoms with E-state index < -0.39 is 0 Å². The minimum Gasteiger partial charge on any atom is -0.483 e. The van der Waals surface area contributed by atoms with E-state index in [1.807, 2.05) is 32.5 Å². The highest BCUT2D eigenvalue weighted by Gasteiger charge is 2.23. The quantitative estimate of drug-likeness (QED) is 0.285. The van der Waals surface area contributed by atoms with E-state index in [2.05, 4.69) is 69.0 Å². The van der Waals surface area contributed by atoms with Crippen molar-refractivity contribution < 1.29 is 19.5 Å². The van der Waals surface area contributed by atoms with Crippen molar-refractivity contribution in [1.29, 1.82) is 0 Å². The molecule has 1 aromatic rings. The number of oxime groups is 1. The molecule has 2 aliphatic rings. The maximum absolute atomic E-state index is 8.36. The summed E-state index contributed by atoms with van der Waals surface area (Å²) < 4.78 is 5.78. The number of rotatable bonds is 5. The molecule has 0 radical (unpaired) electrons. The molecule has 0 spiro atoms. The number of benzene rings is 1. The number of carboxylic acid groups (broad SMARTS) is 1. The van der Waals surface area contributed by atoms with E-state index in [-0.39, 0.29) is 22.6 Å². The maximum atomic E-state index is 8.36. The Hall–Kier alpha value is -1.18. The zero-order valence-corrected chi connectivity index (χ0v) is 23.1. The van der Waals surface area contributed by atoms with Gasteiger partial charge in [-0.25, -0.2) is 10.0 Å². The van der Waals surface area contributed by atoms with Crippen LogP contribution in [0.3, 0.4) is 0 Å². The van der Waals surface area contributed by atoms with Crippen molar-refractivity contribution in [1.82, 2.24) is 0 Å². The number of ether oxygens (including phenoxy) is 1. The van der Waals surface area contributed by atoms with E-state index in [1.165, 1.54) is 17.7 Å². The van der Waals surface area contributed by atoms with Gasteiger partial charge in [0.25, 0.3) is 6.47 Å². The molecule has 0 amide bonds. The summed E-state index contributed by atoms with van der Waals surface area (Å²) in [5.41, 5.74) is 2.05. The van der Waals surface area contributed by atoms with E-state index in [1.54, 1.807) is 0 Å². The first-order chi connectivity index (χ1) is 15.0. The van der Waals surface area contributed by atoms with Crippen LogP contribution in [0.5, 0.6) is 0 Å². The number of hydrogen-bond acceptors (Lipinski definition) is 5. The minimum absolute atomic E-state index is 0.125. The smallest absolute Gasteiger partial charge is 0.290 e. The Morgan fingerprint density at radius 3 is 2.03 bits per heavy atom. The van der Waals surface area contributed by atoms with Gasteiger partial charge in [0.2, 0.25) is 0 Å². The van der Waals surface area contributed by atoms with Crippen molar-refractivity contribution >= 4 is 34.0 Å². The van der Waals surface area contributed by atoms with Crippen molar-refractivity contribution in [2.75, 3.05) is 32.0 Å². The number of nitrogens with zero attached hydrogens (tertiary/aromatic N) is 1. The first-order valence-corrected chi connectivity index (χ1v) is 15.0. The summed E-state index contributed by atoms with van der Waals surface area (Å²) in [4.78, 5) is 15.2. The molecule has 0 bridgehead atoms. The fourth-order valence-corrected chi connectivity index (χ4v) is 3.01. The normalized spacial score (nSPS) is 18.7. The van der Waals surface area contributed by atoms with Gasteiger partial charge in [0.15, 0.2) is 6.10 Å². The third kappa shape index (κ3) is 13.4.